The van der Waals surface area contributed by atoms with Crippen LogP contribution in [-0.2, 0) is 30.8 Å². The molecule has 37 valence electrons. The first kappa shape index (κ1) is 15.8. The smallest absolute Gasteiger partial charge is 0.303 e. The van der Waals surface area contributed by atoms with Crippen molar-refractivity contribution < 1.29 is 45.4 Å². The van der Waals surface area contributed by atoms with Crippen molar-refractivity contribution in [2.24, 2.45) is 0 Å². The Hall–Kier alpha value is 1.59. The fourth-order valence-electron chi connectivity index (χ4n) is 0. The Kier molecular flexibility index (Phi) is 12.9. The summed E-state index contributed by atoms with van der Waals surface area (Å²) in [5.41, 5.74) is 0. The van der Waals surface area contributed by atoms with Gasteiger partial charge in [0.1, 0.15) is 0 Å². The molecule has 0 unspecified atom stereocenters. The van der Waals surface area contributed by atoms with Crippen LogP contribution < -0.4 is 0 Å². The van der Waals surface area contributed by atoms with Gasteiger partial charge in [0.05, 0.1) is 0 Å². The van der Waals surface area contributed by atoms with Gasteiger partial charge in [0.15, 0.2) is 0 Å². The SMILES string of the molecule is O=P(O)(O)O.[Li].[Zr]. The first-order valence-electron chi connectivity index (χ1n) is 0.783. The number of hydrogen-bond donors (Lipinski definition) is 3. The molecule has 0 aromatic carbocycles. The molecule has 0 aromatic rings. The van der Waals surface area contributed by atoms with Crippen LogP contribution in [0.1, 0.15) is 0 Å². The second kappa shape index (κ2) is 5.72. The molecule has 0 bridgehead atoms. The number of rotatable bonds is 0. The fraction of sp³-hybridized carbons (Fsp3) is 0. The molecule has 0 rings (SSSR count). The Bertz CT molecular complexity index is 57.8. The third-order valence-corrected chi connectivity index (χ3v) is 0. The summed E-state index contributed by atoms with van der Waals surface area (Å²) in [7, 11) is -4.64. The second-order valence-electron chi connectivity index (χ2n) is 0.513. The van der Waals surface area contributed by atoms with Crippen LogP contribution in [0.15, 0.2) is 0 Å². The molecule has 0 heterocycles. The van der Waals surface area contributed by atoms with Crippen LogP contribution in [-0.4, -0.2) is 33.5 Å². The van der Waals surface area contributed by atoms with Crippen molar-refractivity contribution in [1.29, 1.82) is 0 Å². The van der Waals surface area contributed by atoms with E-state index in [4.69, 9.17) is 19.2 Å². The van der Waals surface area contributed by atoms with Gasteiger partial charge in [-0.1, -0.05) is 0 Å². The standard InChI is InChI=1S/Li.H3O4P.Zr/c;1-5(2,3)4;/h;(H3,1,2,3,4);. The Morgan fingerprint density at radius 1 is 1.14 bits per heavy atom. The zero-order chi connectivity index (χ0) is 4.50. The molecule has 0 fully saturated rings. The Balaban J connectivity index is -0.0000000800. The van der Waals surface area contributed by atoms with Gasteiger partial charge in [-0.2, -0.15) is 0 Å². The van der Waals surface area contributed by atoms with Gasteiger partial charge in [-0.3, -0.25) is 0 Å². The van der Waals surface area contributed by atoms with E-state index in [0.29, 0.717) is 0 Å². The average molecular weight is 196 g/mol. The van der Waals surface area contributed by atoms with E-state index in [1.54, 1.807) is 0 Å². The van der Waals surface area contributed by atoms with Crippen molar-refractivity contribution >= 4 is 26.7 Å². The van der Waals surface area contributed by atoms with Crippen LogP contribution in [0.4, 0.5) is 0 Å². The maximum absolute atomic E-state index is 8.88. The summed E-state index contributed by atoms with van der Waals surface area (Å²) in [6, 6.07) is 0. The van der Waals surface area contributed by atoms with Gasteiger partial charge < -0.3 is 14.7 Å². The molecule has 4 nitrogen and oxygen atoms in total. The van der Waals surface area contributed by atoms with Gasteiger partial charge in [0.2, 0.25) is 0 Å². The van der Waals surface area contributed by atoms with Crippen LogP contribution in [0.3, 0.4) is 0 Å². The molecule has 7 heavy (non-hydrogen) atoms. The maximum atomic E-state index is 8.88. The number of phosphoric acid groups is 1. The van der Waals surface area contributed by atoms with Crippen LogP contribution in [0.5, 0.6) is 0 Å². The van der Waals surface area contributed by atoms with E-state index in [0.717, 1.165) is 0 Å². The summed E-state index contributed by atoms with van der Waals surface area (Å²) in [6.07, 6.45) is 0. The molecule has 0 aromatic heterocycles. The molecular formula is H3LiO4PZr. The van der Waals surface area contributed by atoms with E-state index in [1.165, 1.54) is 0 Å². The zero-order valence-corrected chi connectivity index (χ0v) is 7.05. The van der Waals surface area contributed by atoms with Gasteiger partial charge in [-0.15, -0.1) is 0 Å². The fourth-order valence-corrected chi connectivity index (χ4v) is 0. The molecule has 0 aliphatic carbocycles. The van der Waals surface area contributed by atoms with Crippen LogP contribution in [0, 0.1) is 0 Å². The van der Waals surface area contributed by atoms with E-state index in [-0.39, 0.29) is 45.1 Å². The molecule has 7 heteroatoms. The minimum atomic E-state index is -4.64. The Labute approximate surface area is 71.9 Å². The van der Waals surface area contributed by atoms with Crippen molar-refractivity contribution in [3.05, 3.63) is 0 Å². The predicted molar refractivity (Wildman–Crippen MR) is 20.0 cm³/mol. The normalized spacial score (nSPS) is 8.43. The van der Waals surface area contributed by atoms with Crippen LogP contribution in [0.2, 0.25) is 0 Å². The van der Waals surface area contributed by atoms with Gasteiger partial charge in [0.25, 0.3) is 0 Å². The summed E-state index contributed by atoms with van der Waals surface area (Å²) >= 11 is 0. The minimum Gasteiger partial charge on any atom is -0.303 e. The monoisotopic (exact) mass is 195 g/mol. The third-order valence-electron chi connectivity index (χ3n) is 0. The second-order valence-corrected chi connectivity index (χ2v) is 1.54. The first-order chi connectivity index (χ1) is 2.00. The molecule has 0 spiro atoms. The molecule has 3 N–H and O–H groups in total. The molecular weight excluding hydrogens is 193 g/mol. The molecule has 0 aliphatic heterocycles. The van der Waals surface area contributed by atoms with Crippen LogP contribution in [0.25, 0.3) is 0 Å². The molecule has 0 atom stereocenters. The topological polar surface area (TPSA) is 77.8 Å². The quantitative estimate of drug-likeness (QED) is 0.332. The van der Waals surface area contributed by atoms with Crippen LogP contribution >= 0.6 is 7.82 Å². The summed E-state index contributed by atoms with van der Waals surface area (Å²) in [5.74, 6) is 0. The summed E-state index contributed by atoms with van der Waals surface area (Å²) in [5, 5.41) is 0. The molecule has 0 saturated carbocycles. The van der Waals surface area contributed by atoms with Gasteiger partial charge in [0, 0.05) is 45.1 Å². The number of hydrogen-bond acceptors (Lipinski definition) is 1. The zero-order valence-electron chi connectivity index (χ0n) is 3.70. The summed E-state index contributed by atoms with van der Waals surface area (Å²) < 4.78 is 8.88. The largest absolute Gasteiger partial charge is 0.466 e. The molecule has 1 radical (unpaired) electrons. The van der Waals surface area contributed by atoms with Gasteiger partial charge in [-0.05, 0) is 0 Å². The van der Waals surface area contributed by atoms with Crippen molar-refractivity contribution in [2.75, 3.05) is 0 Å². The Morgan fingerprint density at radius 2 is 1.14 bits per heavy atom. The van der Waals surface area contributed by atoms with E-state index in [1.807, 2.05) is 0 Å². The third kappa shape index (κ3) is 93.8. The Morgan fingerprint density at radius 3 is 1.14 bits per heavy atom. The molecule has 0 amide bonds. The van der Waals surface area contributed by atoms with E-state index >= 15 is 0 Å². The van der Waals surface area contributed by atoms with E-state index in [2.05, 4.69) is 0 Å². The van der Waals surface area contributed by atoms with Gasteiger partial charge >= 0.3 is 7.82 Å². The molecule has 0 saturated heterocycles. The van der Waals surface area contributed by atoms with Crippen molar-refractivity contribution in [3.63, 3.8) is 0 Å². The van der Waals surface area contributed by atoms with Crippen molar-refractivity contribution in [2.45, 2.75) is 0 Å². The van der Waals surface area contributed by atoms with Gasteiger partial charge in [-0.25, -0.2) is 4.57 Å². The minimum absolute atomic E-state index is 0. The molecule has 0 aliphatic rings. The first-order valence-corrected chi connectivity index (χ1v) is 2.35. The summed E-state index contributed by atoms with van der Waals surface area (Å²) in [4.78, 5) is 21.6. The maximum Gasteiger partial charge on any atom is 0.466 e. The van der Waals surface area contributed by atoms with Crippen molar-refractivity contribution in [1.82, 2.24) is 0 Å². The summed E-state index contributed by atoms with van der Waals surface area (Å²) in [6.45, 7) is 0. The predicted octanol–water partition coefficient (Wildman–Crippen LogP) is -1.31. The van der Waals surface area contributed by atoms with E-state index in [9.17, 15) is 0 Å². The van der Waals surface area contributed by atoms with E-state index < -0.39 is 7.82 Å². The van der Waals surface area contributed by atoms with Crippen molar-refractivity contribution in [3.8, 4) is 0 Å². The average Bonchev–Trinajstić information content (AvgIpc) is 0.722.